The van der Waals surface area contributed by atoms with E-state index in [0.29, 0.717) is 28.8 Å². The van der Waals surface area contributed by atoms with Gasteiger partial charge in [0.25, 0.3) is 0 Å². The monoisotopic (exact) mass is 366 g/mol. The Morgan fingerprint density at radius 1 is 1.33 bits per heavy atom. The van der Waals surface area contributed by atoms with Gasteiger partial charge >= 0.3 is 5.97 Å². The first-order valence-electron chi connectivity index (χ1n) is 7.42. The second-order valence-electron chi connectivity index (χ2n) is 4.95. The molecule has 0 radical (unpaired) electrons. The molecule has 0 unspecified atom stereocenters. The third-order valence-corrected chi connectivity index (χ3v) is 4.49. The number of rotatable bonds is 7. The molecule has 0 saturated heterocycles. The number of hydrogen-bond acceptors (Lipinski definition) is 7. The number of nitrogens with zero attached hydrogens (tertiary/aromatic N) is 2. The number of halogens is 1. The van der Waals surface area contributed by atoms with Gasteiger partial charge < -0.3 is 15.8 Å². The molecule has 0 fully saturated rings. The number of ether oxygens (including phenoxy) is 1. The van der Waals surface area contributed by atoms with E-state index in [1.54, 1.807) is 12.1 Å². The number of nitrogens with one attached hydrogen (secondary N) is 1. The van der Waals surface area contributed by atoms with Crippen molar-refractivity contribution in [3.8, 4) is 0 Å². The number of methoxy groups -OCH3 is 1. The number of nitrogen functional groups attached to an aromatic ring is 1. The summed E-state index contributed by atoms with van der Waals surface area (Å²) in [5.41, 5.74) is 7.73. The van der Waals surface area contributed by atoms with Crippen molar-refractivity contribution in [2.24, 2.45) is 0 Å². The van der Waals surface area contributed by atoms with Crippen LogP contribution in [0, 0.1) is 0 Å². The van der Waals surface area contributed by atoms with Gasteiger partial charge in [0.2, 0.25) is 0 Å². The number of nitrogens with two attached hydrogens (primary N) is 1. The van der Waals surface area contributed by atoms with Gasteiger partial charge in [0.1, 0.15) is 5.69 Å². The van der Waals surface area contributed by atoms with E-state index >= 15 is 0 Å². The SMILES string of the molecule is CCCSc1nc(Cl)c(N)c(NCc2ccc(C(=O)OC)cc2)n1. The summed E-state index contributed by atoms with van der Waals surface area (Å²) in [7, 11) is 1.35. The highest BCUT2D eigenvalue weighted by Gasteiger charge is 2.11. The zero-order valence-corrected chi connectivity index (χ0v) is 15.1. The first-order valence-corrected chi connectivity index (χ1v) is 8.78. The largest absolute Gasteiger partial charge is 0.465 e. The predicted octanol–water partition coefficient (Wildman–Crippen LogP) is 3.61. The molecule has 0 spiro atoms. The molecule has 0 saturated carbocycles. The van der Waals surface area contributed by atoms with Crippen LogP contribution in [0.4, 0.5) is 11.5 Å². The van der Waals surface area contributed by atoms with Gasteiger partial charge in [-0.25, -0.2) is 14.8 Å². The molecule has 2 aromatic rings. The summed E-state index contributed by atoms with van der Waals surface area (Å²) < 4.78 is 4.67. The van der Waals surface area contributed by atoms with Crippen molar-refractivity contribution in [1.82, 2.24) is 9.97 Å². The van der Waals surface area contributed by atoms with E-state index in [-0.39, 0.29) is 11.1 Å². The number of esters is 1. The highest BCUT2D eigenvalue weighted by molar-refractivity contribution is 7.99. The van der Waals surface area contributed by atoms with Crippen molar-refractivity contribution in [1.29, 1.82) is 0 Å². The number of aromatic nitrogens is 2. The van der Waals surface area contributed by atoms with Crippen LogP contribution in [0.3, 0.4) is 0 Å². The lowest BCUT2D eigenvalue weighted by atomic mass is 10.1. The molecular formula is C16H19ClN4O2S. The molecule has 1 aromatic heterocycles. The summed E-state index contributed by atoms with van der Waals surface area (Å²) in [5, 5.41) is 4.00. The van der Waals surface area contributed by atoms with E-state index < -0.39 is 0 Å². The van der Waals surface area contributed by atoms with E-state index in [4.69, 9.17) is 17.3 Å². The summed E-state index contributed by atoms with van der Waals surface area (Å²) in [4.78, 5) is 20.0. The fraction of sp³-hybridized carbons (Fsp3) is 0.312. The number of carbonyl (C=O) groups is 1. The van der Waals surface area contributed by atoms with Gasteiger partial charge in [-0.05, 0) is 24.1 Å². The average Bonchev–Trinajstić information content (AvgIpc) is 2.61. The maximum Gasteiger partial charge on any atom is 0.337 e. The van der Waals surface area contributed by atoms with Crippen LogP contribution in [0.5, 0.6) is 0 Å². The molecule has 6 nitrogen and oxygen atoms in total. The summed E-state index contributed by atoms with van der Waals surface area (Å²) in [6, 6.07) is 7.10. The average molecular weight is 367 g/mol. The van der Waals surface area contributed by atoms with Crippen LogP contribution < -0.4 is 11.1 Å². The smallest absolute Gasteiger partial charge is 0.337 e. The number of anilines is 2. The topological polar surface area (TPSA) is 90.1 Å². The maximum atomic E-state index is 11.4. The van der Waals surface area contributed by atoms with Crippen molar-refractivity contribution >= 4 is 40.8 Å². The van der Waals surface area contributed by atoms with E-state index in [0.717, 1.165) is 17.7 Å². The highest BCUT2D eigenvalue weighted by Crippen LogP contribution is 2.27. The van der Waals surface area contributed by atoms with Gasteiger partial charge in [0.05, 0.1) is 12.7 Å². The Kier molecular flexibility index (Phi) is 6.69. The molecule has 2 rings (SSSR count). The van der Waals surface area contributed by atoms with Crippen LogP contribution >= 0.6 is 23.4 Å². The Hall–Kier alpha value is -1.99. The number of hydrogen-bond donors (Lipinski definition) is 2. The zero-order valence-electron chi connectivity index (χ0n) is 13.5. The number of thioether (sulfide) groups is 1. The Morgan fingerprint density at radius 3 is 2.67 bits per heavy atom. The first-order chi connectivity index (χ1) is 11.5. The third kappa shape index (κ3) is 4.75. The highest BCUT2D eigenvalue weighted by atomic mass is 35.5. The van der Waals surface area contributed by atoms with Crippen LogP contribution in [0.1, 0.15) is 29.3 Å². The van der Waals surface area contributed by atoms with Gasteiger partial charge in [0, 0.05) is 12.3 Å². The maximum absolute atomic E-state index is 11.4. The van der Waals surface area contributed by atoms with Gasteiger partial charge in [-0.3, -0.25) is 0 Å². The second kappa shape index (κ2) is 8.75. The Balaban J connectivity index is 2.08. The minimum absolute atomic E-state index is 0.243. The van der Waals surface area contributed by atoms with Gasteiger partial charge in [-0.1, -0.05) is 42.4 Å². The molecular weight excluding hydrogens is 348 g/mol. The lowest BCUT2D eigenvalue weighted by molar-refractivity contribution is 0.0600. The Bertz CT molecular complexity index is 710. The standard InChI is InChI=1S/C16H19ClN4O2S/c1-3-8-24-16-20-13(17)12(18)14(21-16)19-9-10-4-6-11(7-5-10)15(22)23-2/h4-7H,3,8-9,18H2,1-2H3,(H,19,20,21). The normalized spacial score (nSPS) is 10.5. The Morgan fingerprint density at radius 2 is 2.04 bits per heavy atom. The van der Waals surface area contributed by atoms with E-state index in [9.17, 15) is 4.79 Å². The van der Waals surface area contributed by atoms with Gasteiger partial charge in [-0.2, -0.15) is 0 Å². The number of carbonyl (C=O) groups excluding carboxylic acids is 1. The molecule has 1 heterocycles. The van der Waals surface area contributed by atoms with Crippen molar-refractivity contribution in [3.05, 3.63) is 40.5 Å². The van der Waals surface area contributed by atoms with E-state index in [1.165, 1.54) is 18.9 Å². The van der Waals surface area contributed by atoms with Crippen LogP contribution in [0.25, 0.3) is 0 Å². The van der Waals surface area contributed by atoms with Crippen molar-refractivity contribution in [2.75, 3.05) is 23.9 Å². The molecule has 24 heavy (non-hydrogen) atoms. The molecule has 0 aliphatic rings. The lowest BCUT2D eigenvalue weighted by Crippen LogP contribution is -2.08. The van der Waals surface area contributed by atoms with E-state index in [1.807, 2.05) is 12.1 Å². The van der Waals surface area contributed by atoms with Crippen molar-refractivity contribution in [3.63, 3.8) is 0 Å². The van der Waals surface area contributed by atoms with Crippen LogP contribution in [0.15, 0.2) is 29.4 Å². The molecule has 8 heteroatoms. The summed E-state index contributed by atoms with van der Waals surface area (Å²) >= 11 is 7.60. The molecule has 0 amide bonds. The minimum atomic E-state index is -0.362. The van der Waals surface area contributed by atoms with Gasteiger partial charge in [0.15, 0.2) is 16.1 Å². The van der Waals surface area contributed by atoms with Crippen molar-refractivity contribution in [2.45, 2.75) is 25.0 Å². The molecule has 128 valence electrons. The fourth-order valence-electron chi connectivity index (χ4n) is 1.88. The molecule has 0 atom stereocenters. The quantitative estimate of drug-likeness (QED) is 0.335. The first kappa shape index (κ1) is 18.4. The zero-order chi connectivity index (χ0) is 17.5. The number of benzene rings is 1. The molecule has 0 aliphatic carbocycles. The Labute approximate surface area is 150 Å². The molecule has 3 N–H and O–H groups in total. The molecule has 1 aromatic carbocycles. The lowest BCUT2D eigenvalue weighted by Gasteiger charge is -2.11. The van der Waals surface area contributed by atoms with Crippen LogP contribution in [-0.2, 0) is 11.3 Å². The summed E-state index contributed by atoms with van der Waals surface area (Å²) in [6.45, 7) is 2.58. The summed E-state index contributed by atoms with van der Waals surface area (Å²) in [6.07, 6.45) is 1.02. The second-order valence-corrected chi connectivity index (χ2v) is 6.37. The molecule has 0 bridgehead atoms. The van der Waals surface area contributed by atoms with Crippen molar-refractivity contribution < 1.29 is 9.53 Å². The van der Waals surface area contributed by atoms with Crippen LogP contribution in [-0.4, -0.2) is 28.8 Å². The minimum Gasteiger partial charge on any atom is -0.465 e. The molecule has 0 aliphatic heterocycles. The summed E-state index contributed by atoms with van der Waals surface area (Å²) in [5.74, 6) is 1.05. The fourth-order valence-corrected chi connectivity index (χ4v) is 2.80. The van der Waals surface area contributed by atoms with E-state index in [2.05, 4.69) is 26.9 Å². The predicted molar refractivity (Wildman–Crippen MR) is 97.6 cm³/mol. The third-order valence-electron chi connectivity index (χ3n) is 3.15. The van der Waals surface area contributed by atoms with Gasteiger partial charge in [-0.15, -0.1) is 0 Å². The van der Waals surface area contributed by atoms with Crippen LogP contribution in [0.2, 0.25) is 5.15 Å².